The molecule has 3 heterocycles. The van der Waals surface area contributed by atoms with Crippen LogP contribution in [0.25, 0.3) is 11.5 Å². The van der Waals surface area contributed by atoms with E-state index in [4.69, 9.17) is 10.3 Å². The van der Waals surface area contributed by atoms with Crippen LogP contribution in [0, 0.1) is 0 Å². The van der Waals surface area contributed by atoms with Crippen LogP contribution in [0.1, 0.15) is 24.4 Å². The van der Waals surface area contributed by atoms with Crippen molar-refractivity contribution in [3.8, 4) is 11.5 Å². The summed E-state index contributed by atoms with van der Waals surface area (Å²) in [5.41, 5.74) is 6.75. The molecular formula is C12H15N3OS3. The maximum atomic E-state index is 5.90. The van der Waals surface area contributed by atoms with Gasteiger partial charge >= 0.3 is 0 Å². The molecule has 102 valence electrons. The third kappa shape index (κ3) is 2.64. The second-order valence-corrected chi connectivity index (χ2v) is 7.81. The zero-order chi connectivity index (χ0) is 13.2. The standard InChI is InChI=1S/C12H15N3OS3/c1-2-8-9(18-6-5-17-8)11-14-12(16-15-11)7-3-4-19-10(7)13/h3-4,8-9H,2,5-6,13H2,1H3. The number of nitrogens with two attached hydrogens (primary N) is 1. The molecule has 7 heteroatoms. The predicted octanol–water partition coefficient (Wildman–Crippen LogP) is 3.68. The van der Waals surface area contributed by atoms with Gasteiger partial charge in [0.05, 0.1) is 15.8 Å². The lowest BCUT2D eigenvalue weighted by atomic mass is 10.2. The third-order valence-electron chi connectivity index (χ3n) is 3.07. The number of aromatic nitrogens is 2. The zero-order valence-corrected chi connectivity index (χ0v) is 13.0. The Bertz CT molecular complexity index is 554. The number of thiophene rings is 1. The Morgan fingerprint density at radius 1 is 1.42 bits per heavy atom. The van der Waals surface area contributed by atoms with E-state index in [0.717, 1.165) is 28.6 Å². The number of nitrogens with zero attached hydrogens (tertiary/aromatic N) is 2. The largest absolute Gasteiger partial charge is 0.390 e. The summed E-state index contributed by atoms with van der Waals surface area (Å²) in [6.45, 7) is 2.22. The van der Waals surface area contributed by atoms with Crippen molar-refractivity contribution in [2.45, 2.75) is 23.8 Å². The van der Waals surface area contributed by atoms with Crippen LogP contribution in [0.4, 0.5) is 5.00 Å². The van der Waals surface area contributed by atoms with Gasteiger partial charge in [0.25, 0.3) is 5.89 Å². The molecule has 2 N–H and O–H groups in total. The van der Waals surface area contributed by atoms with Gasteiger partial charge in [-0.3, -0.25) is 0 Å². The number of thioether (sulfide) groups is 2. The van der Waals surface area contributed by atoms with Gasteiger partial charge in [-0.15, -0.1) is 23.1 Å². The lowest BCUT2D eigenvalue weighted by Crippen LogP contribution is -2.19. The fourth-order valence-electron chi connectivity index (χ4n) is 2.10. The van der Waals surface area contributed by atoms with Gasteiger partial charge in [0, 0.05) is 16.8 Å². The van der Waals surface area contributed by atoms with Crippen molar-refractivity contribution in [2.24, 2.45) is 0 Å². The van der Waals surface area contributed by atoms with Crippen LogP contribution in [0.15, 0.2) is 16.0 Å². The van der Waals surface area contributed by atoms with Gasteiger partial charge in [-0.25, -0.2) is 0 Å². The molecule has 1 aliphatic heterocycles. The van der Waals surface area contributed by atoms with Crippen LogP contribution < -0.4 is 5.73 Å². The predicted molar refractivity (Wildman–Crippen MR) is 83.8 cm³/mol. The van der Waals surface area contributed by atoms with Crippen LogP contribution in [-0.4, -0.2) is 26.9 Å². The van der Waals surface area contributed by atoms with Gasteiger partial charge in [-0.2, -0.15) is 16.7 Å². The molecule has 2 unspecified atom stereocenters. The first kappa shape index (κ1) is 13.3. The van der Waals surface area contributed by atoms with Crippen LogP contribution in [0.2, 0.25) is 0 Å². The van der Waals surface area contributed by atoms with Crippen LogP contribution in [0.5, 0.6) is 0 Å². The van der Waals surface area contributed by atoms with E-state index >= 15 is 0 Å². The highest BCUT2D eigenvalue weighted by atomic mass is 32.2. The molecule has 3 rings (SSSR count). The van der Waals surface area contributed by atoms with Crippen molar-refractivity contribution in [2.75, 3.05) is 17.2 Å². The van der Waals surface area contributed by atoms with Crippen molar-refractivity contribution in [3.05, 3.63) is 17.3 Å². The summed E-state index contributed by atoms with van der Waals surface area (Å²) in [6.07, 6.45) is 1.13. The summed E-state index contributed by atoms with van der Waals surface area (Å²) in [6, 6.07) is 1.93. The van der Waals surface area contributed by atoms with E-state index in [2.05, 4.69) is 17.1 Å². The first-order valence-electron chi connectivity index (χ1n) is 6.19. The number of hydrogen-bond donors (Lipinski definition) is 1. The molecule has 4 nitrogen and oxygen atoms in total. The topological polar surface area (TPSA) is 64.9 Å². The maximum absolute atomic E-state index is 5.90. The molecule has 1 fully saturated rings. The van der Waals surface area contributed by atoms with Gasteiger partial charge < -0.3 is 10.3 Å². The minimum absolute atomic E-state index is 0.334. The molecule has 0 aromatic carbocycles. The summed E-state index contributed by atoms with van der Waals surface area (Å²) in [7, 11) is 0. The quantitative estimate of drug-likeness (QED) is 0.932. The van der Waals surface area contributed by atoms with Crippen LogP contribution >= 0.6 is 34.9 Å². The van der Waals surface area contributed by atoms with Gasteiger partial charge in [0.15, 0.2) is 5.82 Å². The van der Waals surface area contributed by atoms with Crippen molar-refractivity contribution in [1.29, 1.82) is 0 Å². The molecular weight excluding hydrogens is 298 g/mol. The van der Waals surface area contributed by atoms with Gasteiger partial charge in [-0.1, -0.05) is 12.1 Å². The molecule has 1 saturated heterocycles. The minimum Gasteiger partial charge on any atom is -0.390 e. The molecule has 0 aliphatic carbocycles. The average molecular weight is 313 g/mol. The highest BCUT2D eigenvalue weighted by Crippen LogP contribution is 2.43. The van der Waals surface area contributed by atoms with Crippen molar-refractivity contribution in [3.63, 3.8) is 0 Å². The number of anilines is 1. The van der Waals surface area contributed by atoms with E-state index in [9.17, 15) is 0 Å². The third-order valence-corrected chi connectivity index (χ3v) is 7.06. The molecule has 0 saturated carbocycles. The fourth-order valence-corrected chi connectivity index (χ4v) is 5.71. The Hall–Kier alpha value is -0.660. The summed E-state index contributed by atoms with van der Waals surface area (Å²) >= 11 is 5.43. The second-order valence-electron chi connectivity index (χ2n) is 4.27. The van der Waals surface area contributed by atoms with E-state index in [1.165, 1.54) is 17.1 Å². The fraction of sp³-hybridized carbons (Fsp3) is 0.500. The molecule has 2 atom stereocenters. The SMILES string of the molecule is CCC1SCCSC1c1noc(-c2ccsc2N)n1. The molecule has 2 aromatic rings. The average Bonchev–Trinajstić information content (AvgIpc) is 3.07. The molecule has 0 radical (unpaired) electrons. The van der Waals surface area contributed by atoms with E-state index in [1.54, 1.807) is 0 Å². The highest BCUT2D eigenvalue weighted by Gasteiger charge is 2.30. The second kappa shape index (κ2) is 5.76. The Morgan fingerprint density at radius 2 is 2.26 bits per heavy atom. The number of rotatable bonds is 3. The summed E-state index contributed by atoms with van der Waals surface area (Å²) in [4.78, 5) is 4.55. The maximum Gasteiger partial charge on any atom is 0.260 e. The number of nitrogen functional groups attached to an aromatic ring is 1. The van der Waals surface area contributed by atoms with Crippen molar-refractivity contribution >= 4 is 39.9 Å². The highest BCUT2D eigenvalue weighted by molar-refractivity contribution is 8.06. The normalized spacial score (nSPS) is 23.6. The van der Waals surface area contributed by atoms with E-state index < -0.39 is 0 Å². The van der Waals surface area contributed by atoms with Gasteiger partial charge in [0.1, 0.15) is 0 Å². The lowest BCUT2D eigenvalue weighted by Gasteiger charge is -2.27. The first-order valence-corrected chi connectivity index (χ1v) is 9.17. The zero-order valence-electron chi connectivity index (χ0n) is 10.5. The van der Waals surface area contributed by atoms with E-state index in [-0.39, 0.29) is 0 Å². The first-order chi connectivity index (χ1) is 9.29. The lowest BCUT2D eigenvalue weighted by molar-refractivity contribution is 0.421. The number of hydrogen-bond acceptors (Lipinski definition) is 7. The molecule has 1 aliphatic rings. The monoisotopic (exact) mass is 313 g/mol. The van der Waals surface area contributed by atoms with E-state index in [0.29, 0.717) is 16.4 Å². The Labute approximate surface area is 124 Å². The molecule has 0 amide bonds. The molecule has 2 aromatic heterocycles. The van der Waals surface area contributed by atoms with Gasteiger partial charge in [-0.05, 0) is 17.9 Å². The summed E-state index contributed by atoms with van der Waals surface area (Å²) < 4.78 is 5.38. The molecule has 0 spiro atoms. The van der Waals surface area contributed by atoms with Crippen molar-refractivity contribution < 1.29 is 4.52 Å². The van der Waals surface area contributed by atoms with E-state index in [1.807, 2.05) is 35.0 Å². The van der Waals surface area contributed by atoms with Crippen LogP contribution in [0.3, 0.4) is 0 Å². The van der Waals surface area contributed by atoms with Crippen molar-refractivity contribution in [1.82, 2.24) is 10.1 Å². The summed E-state index contributed by atoms with van der Waals surface area (Å²) in [5, 5.41) is 7.74. The molecule has 19 heavy (non-hydrogen) atoms. The summed E-state index contributed by atoms with van der Waals surface area (Å²) in [5.74, 6) is 3.71. The Morgan fingerprint density at radius 3 is 3.00 bits per heavy atom. The van der Waals surface area contributed by atoms with Crippen LogP contribution in [-0.2, 0) is 0 Å². The molecule has 0 bridgehead atoms. The van der Waals surface area contributed by atoms with Gasteiger partial charge in [0.2, 0.25) is 0 Å². The Kier molecular flexibility index (Phi) is 4.04. The minimum atomic E-state index is 0.334. The Balaban J connectivity index is 1.86. The smallest absolute Gasteiger partial charge is 0.260 e.